The molecule has 7 heteroatoms. The Morgan fingerprint density at radius 1 is 0.952 bits per heavy atom. The number of para-hydroxylation sites is 1. The van der Waals surface area contributed by atoms with Gasteiger partial charge in [0.15, 0.2) is 5.17 Å². The van der Waals surface area contributed by atoms with Gasteiger partial charge in [0.05, 0.1) is 16.3 Å². The highest BCUT2D eigenvalue weighted by Gasteiger charge is 2.29. The molecule has 0 N–H and O–H groups in total. The zero-order valence-corrected chi connectivity index (χ0v) is 25.6. The Morgan fingerprint density at radius 2 is 1.67 bits per heavy atom. The van der Waals surface area contributed by atoms with Crippen LogP contribution in [0.25, 0.3) is 23.0 Å². The van der Waals surface area contributed by atoms with Gasteiger partial charge in [-0.25, -0.2) is 4.68 Å². The van der Waals surface area contributed by atoms with E-state index in [1.165, 1.54) is 35.1 Å². The molecule has 3 heterocycles. The summed E-state index contributed by atoms with van der Waals surface area (Å²) in [6.07, 6.45) is 9.75. The first-order valence-electron chi connectivity index (χ1n) is 14.9. The third-order valence-corrected chi connectivity index (χ3v) is 9.95. The Hall–Kier alpha value is -3.55. The minimum Gasteiger partial charge on any atom is -0.351 e. The van der Waals surface area contributed by atoms with E-state index >= 15 is 0 Å². The summed E-state index contributed by atoms with van der Waals surface area (Å²) in [5.74, 6) is 1.63. The van der Waals surface area contributed by atoms with E-state index in [9.17, 15) is 4.79 Å². The number of aliphatic imine (C=N–C) groups is 1. The SMILES string of the molecule is CCCCSc1ccc(-c2nn(-c3ccccc3)cc2C=C2SC(N3CCC(Cc4ccccc4)CC3)=NC2=O)cc1. The molecule has 42 heavy (non-hydrogen) atoms. The lowest BCUT2D eigenvalue weighted by Gasteiger charge is -2.32. The number of piperidine rings is 1. The van der Waals surface area contributed by atoms with Crippen molar-refractivity contribution in [2.75, 3.05) is 18.8 Å². The number of hydrogen-bond donors (Lipinski definition) is 0. The normalized spacial score (nSPS) is 16.8. The number of nitrogens with zero attached hydrogens (tertiary/aromatic N) is 4. The van der Waals surface area contributed by atoms with Crippen LogP contribution in [0.3, 0.4) is 0 Å². The third kappa shape index (κ3) is 6.90. The van der Waals surface area contributed by atoms with Crippen molar-refractivity contribution in [3.8, 4) is 16.9 Å². The molecular formula is C35H36N4OS2. The minimum absolute atomic E-state index is 0.164. The van der Waals surface area contributed by atoms with Crippen LogP contribution in [0.5, 0.6) is 0 Å². The Bertz CT molecular complexity index is 1550. The molecule has 0 unspecified atom stereocenters. The predicted molar refractivity (Wildman–Crippen MR) is 177 cm³/mol. The number of carbonyl (C=O) groups is 1. The van der Waals surface area contributed by atoms with E-state index in [-0.39, 0.29) is 5.91 Å². The van der Waals surface area contributed by atoms with Crippen molar-refractivity contribution in [1.29, 1.82) is 0 Å². The van der Waals surface area contributed by atoms with Gasteiger partial charge in [0.2, 0.25) is 0 Å². The van der Waals surface area contributed by atoms with Crippen molar-refractivity contribution in [2.24, 2.45) is 10.9 Å². The molecule has 5 nitrogen and oxygen atoms in total. The van der Waals surface area contributed by atoms with Crippen LogP contribution in [0.2, 0.25) is 0 Å². The number of rotatable bonds is 9. The average molecular weight is 593 g/mol. The second-order valence-electron chi connectivity index (χ2n) is 10.9. The second-order valence-corrected chi connectivity index (χ2v) is 13.0. The second kappa shape index (κ2) is 13.6. The van der Waals surface area contributed by atoms with Crippen molar-refractivity contribution in [1.82, 2.24) is 14.7 Å². The van der Waals surface area contributed by atoms with Crippen LogP contribution in [0, 0.1) is 5.92 Å². The molecule has 1 saturated heterocycles. The maximum absolute atomic E-state index is 13.1. The highest BCUT2D eigenvalue weighted by Crippen LogP contribution is 2.35. The summed E-state index contributed by atoms with van der Waals surface area (Å²) in [5.41, 5.74) is 5.20. The molecule has 0 atom stereocenters. The van der Waals surface area contributed by atoms with Gasteiger partial charge in [-0.15, -0.1) is 11.8 Å². The number of unbranched alkanes of at least 4 members (excludes halogenated alkanes) is 1. The molecule has 1 aromatic heterocycles. The molecule has 0 saturated carbocycles. The Morgan fingerprint density at radius 3 is 2.38 bits per heavy atom. The highest BCUT2D eigenvalue weighted by atomic mass is 32.2. The van der Waals surface area contributed by atoms with Gasteiger partial charge in [0, 0.05) is 35.3 Å². The number of hydrogen-bond acceptors (Lipinski definition) is 5. The molecule has 0 bridgehead atoms. The number of amides is 1. The van der Waals surface area contributed by atoms with Crippen LogP contribution in [0.15, 0.2) is 106 Å². The molecule has 0 aliphatic carbocycles. The summed E-state index contributed by atoms with van der Waals surface area (Å²) in [4.78, 5) is 21.8. The van der Waals surface area contributed by atoms with E-state index in [0.717, 1.165) is 65.8 Å². The van der Waals surface area contributed by atoms with Gasteiger partial charge in [-0.2, -0.15) is 10.1 Å². The summed E-state index contributed by atoms with van der Waals surface area (Å²) in [6.45, 7) is 4.09. The van der Waals surface area contributed by atoms with E-state index in [1.54, 1.807) is 0 Å². The molecule has 214 valence electrons. The maximum atomic E-state index is 13.1. The van der Waals surface area contributed by atoms with Gasteiger partial charge in [-0.3, -0.25) is 4.79 Å². The topological polar surface area (TPSA) is 50.5 Å². The van der Waals surface area contributed by atoms with E-state index in [1.807, 2.05) is 59.0 Å². The predicted octanol–water partition coefficient (Wildman–Crippen LogP) is 8.36. The Kier molecular flexibility index (Phi) is 9.26. The van der Waals surface area contributed by atoms with E-state index in [0.29, 0.717) is 10.8 Å². The first kappa shape index (κ1) is 28.6. The van der Waals surface area contributed by atoms with Crippen LogP contribution in [0.1, 0.15) is 43.7 Å². The standard InChI is InChI=1S/C35H36N4OS2/c1-2-3-22-41-31-16-14-28(15-17-31)33-29(25-39(37-33)30-12-8-5-9-13-30)24-32-34(40)36-35(42-32)38-20-18-27(19-21-38)23-26-10-6-4-7-11-26/h4-17,24-25,27H,2-3,18-23H2,1H3. The molecule has 3 aromatic carbocycles. The molecule has 0 radical (unpaired) electrons. The van der Waals surface area contributed by atoms with Crippen LogP contribution in [-0.4, -0.2) is 44.6 Å². The van der Waals surface area contributed by atoms with Crippen LogP contribution in [-0.2, 0) is 11.2 Å². The lowest BCUT2D eigenvalue weighted by Crippen LogP contribution is -2.37. The molecule has 0 spiro atoms. The zero-order chi connectivity index (χ0) is 28.7. The first-order chi connectivity index (χ1) is 20.7. The Labute approximate surface area is 257 Å². The molecule has 1 amide bonds. The molecule has 4 aromatic rings. The number of amidine groups is 1. The Balaban J connectivity index is 1.19. The fourth-order valence-corrected chi connectivity index (χ4v) is 7.38. The van der Waals surface area contributed by atoms with Gasteiger partial charge in [-0.1, -0.05) is 74.0 Å². The van der Waals surface area contributed by atoms with Gasteiger partial charge >= 0.3 is 0 Å². The molecule has 2 aliphatic rings. The van der Waals surface area contributed by atoms with E-state index in [2.05, 4.69) is 71.4 Å². The van der Waals surface area contributed by atoms with Gasteiger partial charge in [0.1, 0.15) is 0 Å². The van der Waals surface area contributed by atoms with Crippen LogP contribution < -0.4 is 0 Å². The number of benzene rings is 3. The zero-order valence-electron chi connectivity index (χ0n) is 24.0. The minimum atomic E-state index is -0.164. The number of likely N-dealkylation sites (tertiary alicyclic amines) is 1. The van der Waals surface area contributed by atoms with Crippen molar-refractivity contribution >= 4 is 40.7 Å². The molecule has 1 fully saturated rings. The summed E-state index contributed by atoms with van der Waals surface area (Å²) in [6, 6.07) is 29.5. The summed E-state index contributed by atoms with van der Waals surface area (Å²) in [5, 5.41) is 5.80. The largest absolute Gasteiger partial charge is 0.351 e. The average Bonchev–Trinajstić information content (AvgIpc) is 3.62. The smallest absolute Gasteiger partial charge is 0.286 e. The lowest BCUT2D eigenvalue weighted by atomic mass is 9.90. The van der Waals surface area contributed by atoms with Crippen LogP contribution >= 0.6 is 23.5 Å². The van der Waals surface area contributed by atoms with Crippen molar-refractivity contribution in [2.45, 2.75) is 43.9 Å². The monoisotopic (exact) mass is 592 g/mol. The highest BCUT2D eigenvalue weighted by molar-refractivity contribution is 8.18. The van der Waals surface area contributed by atoms with E-state index in [4.69, 9.17) is 5.10 Å². The molecular weight excluding hydrogens is 557 g/mol. The summed E-state index contributed by atoms with van der Waals surface area (Å²) < 4.78 is 1.90. The molecule has 6 rings (SSSR count). The fraction of sp³-hybridized carbons (Fsp3) is 0.286. The van der Waals surface area contributed by atoms with Crippen molar-refractivity contribution in [3.63, 3.8) is 0 Å². The first-order valence-corrected chi connectivity index (χ1v) is 16.7. The van der Waals surface area contributed by atoms with Crippen molar-refractivity contribution in [3.05, 3.63) is 107 Å². The quantitative estimate of drug-likeness (QED) is 0.111. The van der Waals surface area contributed by atoms with Gasteiger partial charge < -0.3 is 4.90 Å². The summed E-state index contributed by atoms with van der Waals surface area (Å²) in [7, 11) is 0. The number of aromatic nitrogens is 2. The third-order valence-electron chi connectivity index (χ3n) is 7.81. The maximum Gasteiger partial charge on any atom is 0.286 e. The van der Waals surface area contributed by atoms with E-state index < -0.39 is 0 Å². The molecule has 2 aliphatic heterocycles. The van der Waals surface area contributed by atoms with Gasteiger partial charge in [-0.05, 0) is 85.0 Å². The van der Waals surface area contributed by atoms with Crippen molar-refractivity contribution < 1.29 is 4.79 Å². The number of carbonyl (C=O) groups excluding carboxylic acids is 1. The van der Waals surface area contributed by atoms with Gasteiger partial charge in [0.25, 0.3) is 5.91 Å². The lowest BCUT2D eigenvalue weighted by molar-refractivity contribution is -0.113. The summed E-state index contributed by atoms with van der Waals surface area (Å²) >= 11 is 3.39. The fourth-order valence-electron chi connectivity index (χ4n) is 5.42. The van der Waals surface area contributed by atoms with Crippen LogP contribution in [0.4, 0.5) is 0 Å². The number of thioether (sulfide) groups is 2.